The van der Waals surface area contributed by atoms with Crippen LogP contribution in [-0.4, -0.2) is 27.6 Å². The molecular weight excluding hydrogens is 398 g/mol. The summed E-state index contributed by atoms with van der Waals surface area (Å²) >= 11 is 0. The van der Waals surface area contributed by atoms with E-state index in [0.717, 1.165) is 16.7 Å². The molecule has 162 valence electrons. The molecule has 32 heavy (non-hydrogen) atoms. The number of hydrogen-bond acceptors (Lipinski definition) is 4. The summed E-state index contributed by atoms with van der Waals surface area (Å²) in [5.41, 5.74) is 5.27. The van der Waals surface area contributed by atoms with Crippen LogP contribution in [0.2, 0.25) is 0 Å². The molecule has 4 rings (SSSR count). The number of H-pyrrole nitrogens is 1. The van der Waals surface area contributed by atoms with Crippen LogP contribution in [0.15, 0.2) is 85.3 Å². The standard InChI is InChI=1S/C26H27N5O/c1-18-8-10-20(11-9-18)19(2)14-28-25(21-6-4-3-5-7-21)26(32)31-24-13-12-22(15-27-24)23-16-29-30-17-23/h3-13,15-17,19,25,28H,14H2,1-2H3,(H,29,30)(H,27,31,32)/t19?,25-/m0/s1. The fraction of sp³-hybridized carbons (Fsp3) is 0.192. The number of pyridine rings is 1. The predicted octanol–water partition coefficient (Wildman–Crippen LogP) is 4.85. The van der Waals surface area contributed by atoms with Crippen LogP contribution < -0.4 is 10.6 Å². The van der Waals surface area contributed by atoms with Crippen LogP contribution in [0, 0.1) is 6.92 Å². The summed E-state index contributed by atoms with van der Waals surface area (Å²) in [7, 11) is 0. The first kappa shape index (κ1) is 21.5. The lowest BCUT2D eigenvalue weighted by Gasteiger charge is -2.21. The lowest BCUT2D eigenvalue weighted by molar-refractivity contribution is -0.118. The molecule has 0 spiro atoms. The van der Waals surface area contributed by atoms with Crippen LogP contribution in [0.3, 0.4) is 0 Å². The molecule has 0 aliphatic carbocycles. The van der Waals surface area contributed by atoms with Crippen molar-refractivity contribution in [3.63, 3.8) is 0 Å². The van der Waals surface area contributed by atoms with Crippen LogP contribution in [-0.2, 0) is 4.79 Å². The molecule has 0 saturated carbocycles. The van der Waals surface area contributed by atoms with Gasteiger partial charge in [0.15, 0.2) is 0 Å². The smallest absolute Gasteiger partial charge is 0.247 e. The second-order valence-electron chi connectivity index (χ2n) is 7.97. The number of nitrogens with zero attached hydrogens (tertiary/aromatic N) is 2. The van der Waals surface area contributed by atoms with Crippen LogP contribution in [0.5, 0.6) is 0 Å². The number of benzene rings is 2. The van der Waals surface area contributed by atoms with Crippen molar-refractivity contribution in [1.29, 1.82) is 0 Å². The molecule has 0 bridgehead atoms. The molecule has 3 N–H and O–H groups in total. The topological polar surface area (TPSA) is 82.7 Å². The summed E-state index contributed by atoms with van der Waals surface area (Å²) in [4.78, 5) is 17.6. The van der Waals surface area contributed by atoms with Crippen molar-refractivity contribution >= 4 is 11.7 Å². The minimum absolute atomic E-state index is 0.143. The summed E-state index contributed by atoms with van der Waals surface area (Å²) in [5.74, 6) is 0.634. The highest BCUT2D eigenvalue weighted by Crippen LogP contribution is 2.21. The van der Waals surface area contributed by atoms with E-state index in [1.54, 1.807) is 24.7 Å². The number of aromatic amines is 1. The van der Waals surface area contributed by atoms with E-state index in [-0.39, 0.29) is 11.8 Å². The minimum Gasteiger partial charge on any atom is -0.309 e. The summed E-state index contributed by atoms with van der Waals surface area (Å²) in [6.45, 7) is 4.91. The zero-order valence-electron chi connectivity index (χ0n) is 18.2. The average Bonchev–Trinajstić information content (AvgIpc) is 3.36. The maximum atomic E-state index is 13.2. The second-order valence-corrected chi connectivity index (χ2v) is 7.97. The van der Waals surface area contributed by atoms with Gasteiger partial charge in [-0.05, 0) is 36.1 Å². The van der Waals surface area contributed by atoms with Crippen molar-refractivity contribution in [1.82, 2.24) is 20.5 Å². The number of rotatable bonds is 8. The van der Waals surface area contributed by atoms with E-state index in [0.29, 0.717) is 12.4 Å². The van der Waals surface area contributed by atoms with Crippen LogP contribution in [0.25, 0.3) is 11.1 Å². The molecule has 6 nitrogen and oxygen atoms in total. The fourth-order valence-corrected chi connectivity index (χ4v) is 3.56. The van der Waals surface area contributed by atoms with Crippen molar-refractivity contribution in [2.75, 3.05) is 11.9 Å². The van der Waals surface area contributed by atoms with Crippen molar-refractivity contribution in [2.45, 2.75) is 25.8 Å². The molecule has 0 radical (unpaired) electrons. The maximum absolute atomic E-state index is 13.2. The monoisotopic (exact) mass is 425 g/mol. The van der Waals surface area contributed by atoms with E-state index >= 15 is 0 Å². The molecule has 2 aromatic carbocycles. The van der Waals surface area contributed by atoms with Crippen molar-refractivity contribution in [2.24, 2.45) is 0 Å². The number of hydrogen-bond donors (Lipinski definition) is 3. The fourth-order valence-electron chi connectivity index (χ4n) is 3.56. The van der Waals surface area contributed by atoms with Gasteiger partial charge in [-0.25, -0.2) is 4.98 Å². The zero-order chi connectivity index (χ0) is 22.3. The largest absolute Gasteiger partial charge is 0.309 e. The summed E-state index contributed by atoms with van der Waals surface area (Å²) in [5, 5.41) is 13.1. The van der Waals surface area contributed by atoms with Gasteiger partial charge in [-0.3, -0.25) is 9.89 Å². The summed E-state index contributed by atoms with van der Waals surface area (Å²) in [6.07, 6.45) is 5.27. The Hall–Kier alpha value is -3.77. The van der Waals surface area contributed by atoms with Crippen molar-refractivity contribution < 1.29 is 4.79 Å². The number of amides is 1. The summed E-state index contributed by atoms with van der Waals surface area (Å²) in [6, 6.07) is 21.5. The van der Waals surface area contributed by atoms with E-state index in [9.17, 15) is 4.79 Å². The number of nitrogens with one attached hydrogen (secondary N) is 3. The Morgan fingerprint density at radius 3 is 2.38 bits per heavy atom. The van der Waals surface area contributed by atoms with Gasteiger partial charge in [0.1, 0.15) is 11.9 Å². The van der Waals surface area contributed by atoms with Gasteiger partial charge < -0.3 is 10.6 Å². The second kappa shape index (κ2) is 10.0. The van der Waals surface area contributed by atoms with Crippen LogP contribution >= 0.6 is 0 Å². The molecular formula is C26H27N5O. The van der Waals surface area contributed by atoms with E-state index in [4.69, 9.17) is 0 Å². The first-order valence-corrected chi connectivity index (χ1v) is 10.7. The van der Waals surface area contributed by atoms with E-state index in [1.165, 1.54) is 11.1 Å². The van der Waals surface area contributed by atoms with Gasteiger partial charge in [-0.15, -0.1) is 0 Å². The van der Waals surface area contributed by atoms with E-state index in [1.807, 2.05) is 36.4 Å². The number of carbonyl (C=O) groups excluding carboxylic acids is 1. The first-order chi connectivity index (χ1) is 15.6. The number of carbonyl (C=O) groups is 1. The SMILES string of the molecule is Cc1ccc(C(C)CN[C@H](C(=O)Nc2ccc(-c3cn[nH]c3)cn2)c2ccccc2)cc1. The average molecular weight is 426 g/mol. The van der Waals surface area contributed by atoms with Gasteiger partial charge in [0.05, 0.1) is 6.20 Å². The van der Waals surface area contributed by atoms with Gasteiger partial charge in [-0.2, -0.15) is 5.10 Å². The molecule has 0 aliphatic heterocycles. The third-order valence-electron chi connectivity index (χ3n) is 5.52. The lowest BCUT2D eigenvalue weighted by Crippen LogP contribution is -2.35. The first-order valence-electron chi connectivity index (χ1n) is 10.7. The molecule has 2 atom stereocenters. The predicted molar refractivity (Wildman–Crippen MR) is 127 cm³/mol. The van der Waals surface area contributed by atoms with Crippen LogP contribution in [0.4, 0.5) is 5.82 Å². The highest BCUT2D eigenvalue weighted by Gasteiger charge is 2.21. The summed E-state index contributed by atoms with van der Waals surface area (Å²) < 4.78 is 0. The highest BCUT2D eigenvalue weighted by atomic mass is 16.2. The Bertz CT molecular complexity index is 1120. The van der Waals surface area contributed by atoms with Gasteiger partial charge in [0, 0.05) is 30.1 Å². The number of aromatic nitrogens is 3. The molecule has 2 aromatic heterocycles. The minimum atomic E-state index is -0.487. The van der Waals surface area contributed by atoms with Crippen molar-refractivity contribution in [3.05, 3.63) is 102 Å². The Morgan fingerprint density at radius 1 is 0.938 bits per heavy atom. The maximum Gasteiger partial charge on any atom is 0.247 e. The Labute approximate surface area is 188 Å². The normalized spacial score (nSPS) is 12.8. The van der Waals surface area contributed by atoms with Gasteiger partial charge in [-0.1, -0.05) is 67.1 Å². The molecule has 2 heterocycles. The van der Waals surface area contributed by atoms with E-state index < -0.39 is 6.04 Å². The Balaban J connectivity index is 1.46. The van der Waals surface area contributed by atoms with Gasteiger partial charge in [0.25, 0.3) is 0 Å². The number of anilines is 1. The third-order valence-corrected chi connectivity index (χ3v) is 5.52. The third kappa shape index (κ3) is 5.28. The number of aryl methyl sites for hydroxylation is 1. The van der Waals surface area contributed by atoms with Crippen molar-refractivity contribution in [3.8, 4) is 11.1 Å². The Kier molecular flexibility index (Phi) is 6.72. The quantitative estimate of drug-likeness (QED) is 0.377. The molecule has 4 aromatic rings. The highest BCUT2D eigenvalue weighted by molar-refractivity contribution is 5.95. The van der Waals surface area contributed by atoms with Gasteiger partial charge in [0.2, 0.25) is 5.91 Å². The van der Waals surface area contributed by atoms with Gasteiger partial charge >= 0.3 is 0 Å². The Morgan fingerprint density at radius 2 is 1.72 bits per heavy atom. The molecule has 0 fully saturated rings. The molecule has 0 aliphatic rings. The lowest BCUT2D eigenvalue weighted by atomic mass is 9.98. The van der Waals surface area contributed by atoms with Crippen LogP contribution in [0.1, 0.15) is 35.6 Å². The molecule has 6 heteroatoms. The molecule has 1 unspecified atom stereocenters. The van der Waals surface area contributed by atoms with E-state index in [2.05, 4.69) is 63.9 Å². The molecule has 1 amide bonds. The molecule has 0 saturated heterocycles. The zero-order valence-corrected chi connectivity index (χ0v) is 18.2.